The molecule has 0 radical (unpaired) electrons. The van der Waals surface area contributed by atoms with Crippen molar-refractivity contribution in [3.05, 3.63) is 0 Å². The average molecular weight is 2780 g/mol. The number of urea groups is 1. The Hall–Kier alpha value is -0.180. The van der Waals surface area contributed by atoms with Crippen LogP contribution in [0.2, 0.25) is 0 Å². The van der Waals surface area contributed by atoms with Gasteiger partial charge in [-0.3, -0.25) is 9.59 Å². The second-order valence-corrected chi connectivity index (χ2v) is 32.4. The van der Waals surface area contributed by atoms with E-state index < -0.39 is 24.4 Å². The SMILES string of the molecule is CNC(=O)CCOCCCl.CNC(=O)NCCOCCCl.CNC(=O)OCCOCCI.CNC(=O)OCCOCCOCCI.CNCCOCCBr.CNCCOCCOCCOCCCl.COC(=O)CCOCCI.COC(=O)NCCCCCCCCI.COC(=O)NCCOCCOCCI.COC(=O)OCCOCCBr.COCCOCCCl.COCCOCCOCCCl. The maximum absolute atomic E-state index is 10.7. The van der Waals surface area contributed by atoms with E-state index in [0.29, 0.717) is 254 Å². The lowest BCUT2D eigenvalue weighted by atomic mass is 10.1. The van der Waals surface area contributed by atoms with Gasteiger partial charge in [0.15, 0.2) is 0 Å². The van der Waals surface area contributed by atoms with Crippen LogP contribution in [0, 0.1) is 0 Å². The highest BCUT2D eigenvalue weighted by atomic mass is 127. The molecule has 0 atom stereocenters. The van der Waals surface area contributed by atoms with Gasteiger partial charge < -0.3 is 166 Å². The fraction of sp³-hybridized carbons (Fsp3) is 0.902. The van der Waals surface area contributed by atoms with E-state index in [9.17, 15) is 38.4 Å². The number of alkyl halides is 12. The summed E-state index contributed by atoms with van der Waals surface area (Å²) in [5.74, 6) is 2.38. The quantitative estimate of drug-likeness (QED) is 0.00898. The van der Waals surface area contributed by atoms with Gasteiger partial charge in [-0.25, -0.2) is 28.8 Å². The maximum Gasteiger partial charge on any atom is 0.508 e. The molecule has 9 N–H and O–H groups in total. The van der Waals surface area contributed by atoms with Gasteiger partial charge in [0.2, 0.25) is 5.91 Å². The van der Waals surface area contributed by atoms with Gasteiger partial charge in [-0.2, -0.15) is 0 Å². The van der Waals surface area contributed by atoms with Crippen LogP contribution in [0.4, 0.5) is 28.8 Å². The number of esters is 1. The number of nitrogens with one attached hydrogen (secondary N) is 9. The molecule has 0 fully saturated rings. The van der Waals surface area contributed by atoms with Crippen LogP contribution in [0.3, 0.4) is 0 Å². The molecule has 0 aromatic carbocycles. The van der Waals surface area contributed by atoms with Crippen LogP contribution in [0.5, 0.6) is 0 Å². The molecule has 0 aromatic heterocycles. The molecule has 136 heavy (non-hydrogen) atoms. The Morgan fingerprint density at radius 2 is 0.537 bits per heavy atom. The van der Waals surface area contributed by atoms with Gasteiger partial charge in [-0.05, 0) is 31.4 Å². The molecule has 0 rings (SSSR count). The Morgan fingerprint density at radius 1 is 0.250 bits per heavy atom. The van der Waals surface area contributed by atoms with Gasteiger partial charge in [-0.1, -0.05) is 170 Å². The first-order valence-corrected chi connectivity index (χ1v) is 56.2. The van der Waals surface area contributed by atoms with Crippen molar-refractivity contribution in [1.82, 2.24) is 47.9 Å². The number of halogens is 12. The Kier molecular flexibility index (Phi) is 199. The third-order valence-electron chi connectivity index (χ3n) is 13.0. The van der Waals surface area contributed by atoms with Gasteiger partial charge in [-0.15, -0.1) is 58.0 Å². The number of alkyl carbamates (subject to hydrolysis) is 4. The summed E-state index contributed by atoms with van der Waals surface area (Å²) in [6.45, 7) is 24.7. The molecule has 0 saturated heterocycles. The van der Waals surface area contributed by atoms with Gasteiger partial charge in [0.05, 0.1) is 259 Å². The van der Waals surface area contributed by atoms with Crippen LogP contribution >= 0.6 is 203 Å². The monoisotopic (exact) mass is 2780 g/mol. The Balaban J connectivity index is -0.000000124. The zero-order chi connectivity index (χ0) is 105. The van der Waals surface area contributed by atoms with Crippen molar-refractivity contribution in [2.75, 3.05) is 424 Å². The van der Waals surface area contributed by atoms with Crippen LogP contribution in [0.15, 0.2) is 0 Å². The molecule has 0 heterocycles. The largest absolute Gasteiger partial charge is 0.508 e. The molecule has 0 aliphatic rings. The minimum atomic E-state index is -0.674. The first kappa shape index (κ1) is 161. The normalized spacial score (nSPS) is 9.76. The van der Waals surface area contributed by atoms with E-state index in [0.717, 1.165) is 87.5 Å². The third-order valence-corrected chi connectivity index (χ3v) is 16.9. The van der Waals surface area contributed by atoms with Crippen molar-refractivity contribution < 1.29 is 157 Å². The second-order valence-electron chi connectivity index (χ2n) is 23.5. The fourth-order valence-electron chi connectivity index (χ4n) is 6.59. The van der Waals surface area contributed by atoms with Crippen molar-refractivity contribution in [1.29, 1.82) is 0 Å². The van der Waals surface area contributed by atoms with E-state index in [2.05, 4.69) is 221 Å². The Bertz CT molecular complexity index is 2050. The predicted octanol–water partition coefficient (Wildman–Crippen LogP) is 11.2. The number of rotatable bonds is 78. The molecule has 0 bridgehead atoms. The van der Waals surface area contributed by atoms with Crippen molar-refractivity contribution in [2.45, 2.75) is 51.4 Å². The van der Waals surface area contributed by atoms with Crippen LogP contribution in [0.1, 0.15) is 51.4 Å². The standard InChI is InChI=1S/C10H20INO2.C9H20ClNO3.2C8H16INO4.C7H15ClO3.C6H11BrO4.C6H13ClN2O2.C6H12ClNO2.C6H12INO3.C6H11IO3.C5H12BrNO.C5H11ClO2/c1-14-10(13)12-9-7-5-3-2-4-6-8-11;1-11-3-5-13-7-9-14-8-6-12-4-2-10;1-12-8(11)10-3-5-14-7-6-13-4-2-9;1-10-8(11)14-7-6-13-5-4-12-3-2-9;1-9-4-5-11-7-6-10-3-2-8;1-9-6(8)11-5-4-10-3-2-7;1-8-6(10)9-3-5-11-4-2-7;1-8-6(9)2-4-10-5-3-7;1-8-6(9)11-5-4-10-3-2-7;1-9-6(8)2-4-10-5-3-7;1-7-3-5-8-4-2-6;1-7-4-5-8-3-2-6/h2-9H2,1H3,(H,12,13);11H,2-9H2,1H3;2*2-7H2,1H3,(H,10,11);2-7H2,1H3;2-5H2,1H3;2-5H2,1H3,(H2,8,9,10);2-5H2,1H3,(H,8,9);2-5H2,1H3,(H,8,9);2-5H2,1H3;7H,2-5H2,1H3;2-5H2,1H3. The summed E-state index contributed by atoms with van der Waals surface area (Å²) in [4.78, 5) is 84.1. The average Bonchev–Trinajstić information content (AvgIpc) is 1.10. The van der Waals surface area contributed by atoms with Crippen LogP contribution < -0.4 is 47.9 Å². The number of unbranched alkanes of at least 4 members (excludes halogenated alkanes) is 5. The highest BCUT2D eigenvalue weighted by Crippen LogP contribution is 2.06. The number of methoxy groups -OCH3 is 6. The summed E-state index contributed by atoms with van der Waals surface area (Å²) >= 11 is 44.6. The molecular weight excluding hydrogens is 2610 g/mol. The summed E-state index contributed by atoms with van der Waals surface area (Å²) < 4.78 is 128. The molecule has 824 valence electrons. The van der Waals surface area contributed by atoms with Crippen molar-refractivity contribution >= 4 is 251 Å². The van der Waals surface area contributed by atoms with Crippen molar-refractivity contribution in [3.63, 3.8) is 0 Å². The van der Waals surface area contributed by atoms with Crippen molar-refractivity contribution in [3.8, 4) is 0 Å². The van der Waals surface area contributed by atoms with Crippen LogP contribution in [-0.4, -0.2) is 473 Å². The first-order chi connectivity index (χ1) is 66.1. The summed E-state index contributed by atoms with van der Waals surface area (Å²) in [5.41, 5.74) is 0. The number of likely N-dealkylation sites (N-methyl/N-ethyl adjacent to an activating group) is 2. The fourth-order valence-corrected chi connectivity index (χ4v) is 9.38. The highest BCUT2D eigenvalue weighted by Gasteiger charge is 2.04. The van der Waals surface area contributed by atoms with E-state index in [-0.39, 0.29) is 37.2 Å². The number of amides is 7. The summed E-state index contributed by atoms with van der Waals surface area (Å²) in [7, 11) is 18.7. The summed E-state index contributed by atoms with van der Waals surface area (Å²) in [6.07, 6.45) is 6.01. The van der Waals surface area contributed by atoms with Crippen LogP contribution in [-0.2, 0) is 128 Å². The molecule has 0 unspecified atom stereocenters. The zero-order valence-electron chi connectivity index (χ0n) is 82.3. The number of carbonyl (C=O) groups excluding carboxylic acids is 8. The molecular formula is C82H169Br2Cl5I5N9O33. The predicted molar refractivity (Wildman–Crippen MR) is 586 cm³/mol. The smallest absolute Gasteiger partial charge is 0.469 e. The number of hydrogen-bond donors (Lipinski definition) is 9. The minimum Gasteiger partial charge on any atom is -0.469 e. The Labute approximate surface area is 922 Å². The van der Waals surface area contributed by atoms with Gasteiger partial charge in [0.1, 0.15) is 19.8 Å². The van der Waals surface area contributed by atoms with E-state index in [1.165, 1.54) is 79.1 Å². The number of ether oxygens (including phenoxy) is 25. The summed E-state index contributed by atoms with van der Waals surface area (Å²) in [5, 5.41) is 25.0. The van der Waals surface area contributed by atoms with E-state index in [1.54, 1.807) is 28.3 Å². The number of carbonyl (C=O) groups is 8. The van der Waals surface area contributed by atoms with Crippen LogP contribution in [0.25, 0.3) is 0 Å². The van der Waals surface area contributed by atoms with Gasteiger partial charge >= 0.3 is 42.5 Å². The molecule has 0 spiro atoms. The van der Waals surface area contributed by atoms with E-state index in [1.807, 2.05) is 14.1 Å². The lowest BCUT2D eigenvalue weighted by Crippen LogP contribution is -2.34. The molecule has 42 nitrogen and oxygen atoms in total. The molecule has 7 amide bonds. The van der Waals surface area contributed by atoms with Crippen molar-refractivity contribution in [2.24, 2.45) is 0 Å². The minimum absolute atomic E-state index is 0.00503. The Morgan fingerprint density at radius 3 is 0.860 bits per heavy atom. The molecule has 54 heteroatoms. The molecule has 0 aliphatic heterocycles. The molecule has 0 aromatic rings. The number of hydrogen-bond acceptors (Lipinski definition) is 35. The highest BCUT2D eigenvalue weighted by molar-refractivity contribution is 14.1. The summed E-state index contributed by atoms with van der Waals surface area (Å²) in [6, 6.07) is -0.195. The topological polar surface area (TPSA) is 476 Å². The molecule has 0 aliphatic carbocycles. The second kappa shape index (κ2) is 168. The molecule has 0 saturated carbocycles. The maximum atomic E-state index is 10.7. The zero-order valence-corrected chi connectivity index (χ0v) is 100. The van der Waals surface area contributed by atoms with Gasteiger partial charge in [0, 0.05) is 139 Å². The van der Waals surface area contributed by atoms with E-state index >= 15 is 0 Å². The van der Waals surface area contributed by atoms with E-state index in [4.69, 9.17) is 148 Å². The van der Waals surface area contributed by atoms with Gasteiger partial charge in [0.25, 0.3) is 0 Å². The lowest BCUT2D eigenvalue weighted by molar-refractivity contribution is -0.141. The lowest BCUT2D eigenvalue weighted by Gasteiger charge is -2.05. The third kappa shape index (κ3) is 203. The first-order valence-electron chi connectivity index (χ1n) is 43.6.